The van der Waals surface area contributed by atoms with Crippen LogP contribution in [0.2, 0.25) is 0 Å². The minimum atomic E-state index is -1.38. The second-order valence-corrected chi connectivity index (χ2v) is 4.30. The molecule has 0 N–H and O–H groups in total. The largest absolute Gasteiger partial charge is 0.461 e. The molecule has 0 atom stereocenters. The van der Waals surface area contributed by atoms with Gasteiger partial charge in [0.1, 0.15) is 5.76 Å². The lowest BCUT2D eigenvalue weighted by Crippen LogP contribution is -2.43. The van der Waals surface area contributed by atoms with Gasteiger partial charge in [-0.25, -0.2) is 0 Å². The smallest absolute Gasteiger partial charge is 0.421 e. The maximum Gasteiger partial charge on any atom is 0.461 e. The normalized spacial score (nSPS) is 24.4. The van der Waals surface area contributed by atoms with Crippen LogP contribution in [0, 0.1) is 0 Å². The molecule has 1 aromatic carbocycles. The maximum absolute atomic E-state index is 5.68. The van der Waals surface area contributed by atoms with Crippen molar-refractivity contribution in [1.82, 2.24) is 0 Å². The molecule has 2 aliphatic rings. The van der Waals surface area contributed by atoms with Crippen molar-refractivity contribution >= 4 is 0 Å². The van der Waals surface area contributed by atoms with Crippen LogP contribution in [0.3, 0.4) is 0 Å². The van der Waals surface area contributed by atoms with Crippen LogP contribution in [0.15, 0.2) is 36.1 Å². The molecule has 1 aromatic rings. The molecule has 0 saturated carbocycles. The van der Waals surface area contributed by atoms with Crippen LogP contribution >= 0.6 is 0 Å². The Morgan fingerprint density at radius 1 is 1.06 bits per heavy atom. The number of allylic oxidation sites excluding steroid dienone is 1. The Morgan fingerprint density at radius 2 is 1.72 bits per heavy atom. The molecule has 0 radical (unpaired) electrons. The van der Waals surface area contributed by atoms with Crippen molar-refractivity contribution in [2.45, 2.75) is 32.7 Å². The summed E-state index contributed by atoms with van der Waals surface area (Å²) in [5.74, 6) is 0.840. The summed E-state index contributed by atoms with van der Waals surface area (Å²) in [4.78, 5) is 0. The van der Waals surface area contributed by atoms with Crippen molar-refractivity contribution in [2.24, 2.45) is 0 Å². The van der Waals surface area contributed by atoms with E-state index < -0.39 is 6.16 Å². The maximum atomic E-state index is 5.68. The first-order chi connectivity index (χ1) is 8.81. The standard InChI is InChI=1S/C14H16O4/c1-2-13-7-8-15-14(18-13)16-9-11-5-3-4-6-12(11)10-17-14/h2-6H,7-10H2,1H3/b13-2+. The van der Waals surface area contributed by atoms with E-state index >= 15 is 0 Å². The summed E-state index contributed by atoms with van der Waals surface area (Å²) < 4.78 is 22.6. The van der Waals surface area contributed by atoms with E-state index in [-0.39, 0.29) is 0 Å². The van der Waals surface area contributed by atoms with Gasteiger partial charge >= 0.3 is 6.16 Å². The van der Waals surface area contributed by atoms with Gasteiger partial charge in [0.2, 0.25) is 0 Å². The van der Waals surface area contributed by atoms with Crippen molar-refractivity contribution in [2.75, 3.05) is 6.61 Å². The summed E-state index contributed by atoms with van der Waals surface area (Å²) in [6, 6.07) is 8.02. The molecule has 0 aromatic heterocycles. The zero-order valence-corrected chi connectivity index (χ0v) is 10.3. The van der Waals surface area contributed by atoms with Gasteiger partial charge in [0, 0.05) is 6.42 Å². The lowest BCUT2D eigenvalue weighted by Gasteiger charge is -2.35. The molecule has 96 valence electrons. The Morgan fingerprint density at radius 3 is 2.33 bits per heavy atom. The molecule has 18 heavy (non-hydrogen) atoms. The Balaban J connectivity index is 1.81. The first-order valence-corrected chi connectivity index (χ1v) is 6.14. The number of benzene rings is 1. The molecular formula is C14H16O4. The number of ether oxygens (including phenoxy) is 4. The Labute approximate surface area is 106 Å². The Hall–Kier alpha value is -1.36. The quantitative estimate of drug-likeness (QED) is 0.707. The number of hydrogen-bond donors (Lipinski definition) is 0. The molecule has 4 heteroatoms. The zero-order valence-electron chi connectivity index (χ0n) is 10.3. The van der Waals surface area contributed by atoms with E-state index in [9.17, 15) is 0 Å². The molecule has 2 heterocycles. The van der Waals surface area contributed by atoms with Gasteiger partial charge in [-0.1, -0.05) is 24.3 Å². The van der Waals surface area contributed by atoms with E-state index in [1.54, 1.807) is 0 Å². The van der Waals surface area contributed by atoms with Crippen LogP contribution in [-0.4, -0.2) is 12.8 Å². The third kappa shape index (κ3) is 2.14. The number of rotatable bonds is 0. The van der Waals surface area contributed by atoms with E-state index in [0.29, 0.717) is 19.8 Å². The van der Waals surface area contributed by atoms with Crippen molar-refractivity contribution in [3.63, 3.8) is 0 Å². The molecule has 3 rings (SSSR count). The van der Waals surface area contributed by atoms with Crippen molar-refractivity contribution < 1.29 is 18.9 Å². The summed E-state index contributed by atoms with van der Waals surface area (Å²) >= 11 is 0. The van der Waals surface area contributed by atoms with E-state index in [0.717, 1.165) is 23.3 Å². The van der Waals surface area contributed by atoms with Gasteiger partial charge in [0.05, 0.1) is 19.8 Å². The second kappa shape index (κ2) is 4.72. The van der Waals surface area contributed by atoms with Crippen LogP contribution in [0.4, 0.5) is 0 Å². The summed E-state index contributed by atoms with van der Waals surface area (Å²) in [7, 11) is 0. The minimum Gasteiger partial charge on any atom is -0.421 e. The summed E-state index contributed by atoms with van der Waals surface area (Å²) in [6.07, 6.45) is 1.28. The predicted octanol–water partition coefficient (Wildman–Crippen LogP) is 2.69. The minimum absolute atomic E-state index is 0.424. The van der Waals surface area contributed by atoms with Gasteiger partial charge in [0.25, 0.3) is 0 Å². The molecule has 0 aliphatic carbocycles. The zero-order chi connectivity index (χ0) is 12.4. The highest BCUT2D eigenvalue weighted by Crippen LogP contribution is 2.32. The Kier molecular flexibility index (Phi) is 3.07. The fraction of sp³-hybridized carbons (Fsp3) is 0.429. The highest BCUT2D eigenvalue weighted by Gasteiger charge is 2.42. The van der Waals surface area contributed by atoms with Crippen LogP contribution in [0.5, 0.6) is 0 Å². The van der Waals surface area contributed by atoms with E-state index in [1.165, 1.54) is 0 Å². The van der Waals surface area contributed by atoms with Crippen LogP contribution in [-0.2, 0) is 32.2 Å². The number of fused-ring (bicyclic) bond motifs is 1. The van der Waals surface area contributed by atoms with Gasteiger partial charge in [-0.05, 0) is 24.1 Å². The highest BCUT2D eigenvalue weighted by molar-refractivity contribution is 5.26. The third-order valence-electron chi connectivity index (χ3n) is 3.13. The van der Waals surface area contributed by atoms with Gasteiger partial charge in [0.15, 0.2) is 0 Å². The average Bonchev–Trinajstić information content (AvgIpc) is 2.60. The van der Waals surface area contributed by atoms with Crippen molar-refractivity contribution in [3.8, 4) is 0 Å². The molecule has 0 bridgehead atoms. The summed E-state index contributed by atoms with van der Waals surface area (Å²) in [6.45, 7) is 3.32. The number of hydrogen-bond acceptors (Lipinski definition) is 4. The molecule has 1 spiro atoms. The molecule has 1 saturated heterocycles. The lowest BCUT2D eigenvalue weighted by molar-refractivity contribution is -0.503. The van der Waals surface area contributed by atoms with Gasteiger partial charge in [-0.3, -0.25) is 14.2 Å². The fourth-order valence-electron chi connectivity index (χ4n) is 2.08. The molecule has 0 amide bonds. The van der Waals surface area contributed by atoms with Crippen LogP contribution in [0.1, 0.15) is 24.5 Å². The molecule has 1 fully saturated rings. The predicted molar refractivity (Wildman–Crippen MR) is 64.2 cm³/mol. The highest BCUT2D eigenvalue weighted by atomic mass is 17.0. The van der Waals surface area contributed by atoms with Crippen LogP contribution in [0.25, 0.3) is 0 Å². The van der Waals surface area contributed by atoms with Crippen LogP contribution < -0.4 is 0 Å². The molecule has 0 unspecified atom stereocenters. The van der Waals surface area contributed by atoms with Gasteiger partial charge in [-0.2, -0.15) is 0 Å². The van der Waals surface area contributed by atoms with E-state index in [2.05, 4.69) is 0 Å². The third-order valence-corrected chi connectivity index (χ3v) is 3.13. The van der Waals surface area contributed by atoms with E-state index in [1.807, 2.05) is 37.3 Å². The molecular weight excluding hydrogens is 232 g/mol. The monoisotopic (exact) mass is 248 g/mol. The second-order valence-electron chi connectivity index (χ2n) is 4.30. The van der Waals surface area contributed by atoms with Gasteiger partial charge < -0.3 is 4.74 Å². The first-order valence-electron chi connectivity index (χ1n) is 6.14. The van der Waals surface area contributed by atoms with Crippen molar-refractivity contribution in [3.05, 3.63) is 47.2 Å². The summed E-state index contributed by atoms with van der Waals surface area (Å²) in [5.41, 5.74) is 2.21. The SMILES string of the molecule is C/C=C1\CCOC2(OCc3ccccc3CO2)O1. The first kappa shape index (κ1) is 11.7. The fourth-order valence-corrected chi connectivity index (χ4v) is 2.08. The average molecular weight is 248 g/mol. The molecule has 2 aliphatic heterocycles. The van der Waals surface area contributed by atoms with Gasteiger partial charge in [-0.15, -0.1) is 0 Å². The Bertz CT molecular complexity index is 440. The van der Waals surface area contributed by atoms with E-state index in [4.69, 9.17) is 18.9 Å². The topological polar surface area (TPSA) is 36.9 Å². The molecule has 4 nitrogen and oxygen atoms in total. The summed E-state index contributed by atoms with van der Waals surface area (Å²) in [5, 5.41) is 0. The van der Waals surface area contributed by atoms with Crippen molar-refractivity contribution in [1.29, 1.82) is 0 Å². The lowest BCUT2D eigenvalue weighted by atomic mass is 10.1.